The Hall–Kier alpha value is -1.98. The molecule has 0 bridgehead atoms. The molecule has 1 atom stereocenters. The maximum atomic E-state index is 12.9. The first-order valence-corrected chi connectivity index (χ1v) is 5.36. The molecule has 0 spiro atoms. The van der Waals surface area contributed by atoms with Gasteiger partial charge in [0, 0.05) is 6.42 Å². The van der Waals surface area contributed by atoms with Crippen molar-refractivity contribution in [3.63, 3.8) is 0 Å². The van der Waals surface area contributed by atoms with Crippen LogP contribution in [0.1, 0.15) is 18.9 Å². The minimum Gasteiger partial charge on any atom is -0.480 e. The molecule has 1 aromatic rings. The summed E-state index contributed by atoms with van der Waals surface area (Å²) in [7, 11) is 0. The third-order valence-electron chi connectivity index (χ3n) is 2.37. The summed E-state index contributed by atoms with van der Waals surface area (Å²) in [5, 5.41) is 10.8. The lowest BCUT2D eigenvalue weighted by Gasteiger charge is -2.09. The van der Waals surface area contributed by atoms with Gasteiger partial charge in [-0.3, -0.25) is 9.59 Å². The van der Waals surface area contributed by atoms with Crippen LogP contribution in [0.4, 0.5) is 8.78 Å². The topological polar surface area (TPSA) is 66.4 Å². The molecule has 4 nitrogen and oxygen atoms in total. The summed E-state index contributed by atoms with van der Waals surface area (Å²) in [6, 6.07) is 2.42. The Morgan fingerprint density at radius 1 is 1.33 bits per heavy atom. The van der Waals surface area contributed by atoms with Crippen LogP contribution in [-0.2, 0) is 16.0 Å². The summed E-state index contributed by atoms with van der Waals surface area (Å²) in [6.07, 6.45) is 0.234. The zero-order valence-electron chi connectivity index (χ0n) is 9.74. The average Bonchev–Trinajstić information content (AvgIpc) is 2.30. The highest BCUT2D eigenvalue weighted by Gasteiger charge is 2.13. The van der Waals surface area contributed by atoms with Crippen LogP contribution >= 0.6 is 0 Å². The molecule has 1 aromatic carbocycles. The number of hydrogen-bond acceptors (Lipinski definition) is 2. The molecule has 0 aliphatic carbocycles. The minimum absolute atomic E-state index is 0.0166. The molecule has 0 radical (unpaired) electrons. The van der Waals surface area contributed by atoms with Gasteiger partial charge in [0.25, 0.3) is 0 Å². The van der Waals surface area contributed by atoms with Gasteiger partial charge in [-0.15, -0.1) is 0 Å². The fraction of sp³-hybridized carbons (Fsp3) is 0.333. The molecule has 0 fully saturated rings. The maximum absolute atomic E-state index is 12.9. The van der Waals surface area contributed by atoms with Gasteiger partial charge >= 0.3 is 5.97 Å². The number of halogens is 2. The van der Waals surface area contributed by atoms with E-state index in [0.29, 0.717) is 5.56 Å². The molecule has 0 saturated heterocycles. The molecule has 0 heterocycles. The van der Waals surface area contributed by atoms with E-state index < -0.39 is 29.6 Å². The molecule has 1 amide bonds. The summed E-state index contributed by atoms with van der Waals surface area (Å²) in [5.74, 6) is -3.49. The highest BCUT2D eigenvalue weighted by Crippen LogP contribution is 2.10. The first-order chi connectivity index (χ1) is 8.40. The summed E-state index contributed by atoms with van der Waals surface area (Å²) < 4.78 is 25.5. The second-order valence-corrected chi connectivity index (χ2v) is 3.88. The van der Waals surface area contributed by atoms with Gasteiger partial charge in [-0.25, -0.2) is 8.78 Å². The van der Waals surface area contributed by atoms with Crippen LogP contribution in [-0.4, -0.2) is 23.0 Å². The number of carboxylic acid groups (broad SMARTS) is 1. The third-order valence-corrected chi connectivity index (χ3v) is 2.37. The summed E-state index contributed by atoms with van der Waals surface area (Å²) >= 11 is 0. The number of carbonyl (C=O) groups excluding carboxylic acids is 1. The van der Waals surface area contributed by atoms with Gasteiger partial charge < -0.3 is 10.4 Å². The highest BCUT2D eigenvalue weighted by molar-refractivity contribution is 5.83. The molecule has 1 rings (SSSR count). The van der Waals surface area contributed by atoms with E-state index in [1.54, 1.807) is 0 Å². The van der Waals surface area contributed by atoms with Gasteiger partial charge in [0.2, 0.25) is 5.91 Å². The highest BCUT2D eigenvalue weighted by atomic mass is 19.2. The van der Waals surface area contributed by atoms with Crippen LogP contribution in [0.2, 0.25) is 0 Å². The molecule has 1 unspecified atom stereocenters. The molecule has 6 heteroatoms. The Kier molecular flexibility index (Phi) is 4.76. The van der Waals surface area contributed by atoms with E-state index in [4.69, 9.17) is 5.11 Å². The maximum Gasteiger partial charge on any atom is 0.325 e. The van der Waals surface area contributed by atoms with E-state index in [-0.39, 0.29) is 12.8 Å². The van der Waals surface area contributed by atoms with Crippen molar-refractivity contribution in [3.8, 4) is 0 Å². The second kappa shape index (κ2) is 6.09. The molecular weight excluding hydrogens is 244 g/mol. The minimum atomic E-state index is -1.13. The normalized spacial score (nSPS) is 11.9. The van der Waals surface area contributed by atoms with Crippen molar-refractivity contribution in [2.45, 2.75) is 25.8 Å². The lowest BCUT2D eigenvalue weighted by atomic mass is 10.1. The van der Waals surface area contributed by atoms with Crippen LogP contribution in [0.5, 0.6) is 0 Å². The number of carbonyl (C=O) groups is 2. The Balaban J connectivity index is 2.47. The van der Waals surface area contributed by atoms with Gasteiger partial charge in [0.1, 0.15) is 6.04 Å². The molecule has 18 heavy (non-hydrogen) atoms. The van der Waals surface area contributed by atoms with Crippen LogP contribution in [0.3, 0.4) is 0 Å². The summed E-state index contributed by atoms with van der Waals surface area (Å²) in [6.45, 7) is 1.35. The predicted octanol–water partition coefficient (Wildman–Crippen LogP) is 1.49. The SMILES string of the molecule is CC(NC(=O)CCc1ccc(F)c(F)c1)C(=O)O. The molecule has 2 N–H and O–H groups in total. The van der Waals surface area contributed by atoms with Crippen molar-refractivity contribution in [1.29, 1.82) is 0 Å². The number of hydrogen-bond donors (Lipinski definition) is 2. The molecule has 98 valence electrons. The number of carboxylic acids is 1. The zero-order chi connectivity index (χ0) is 13.7. The molecule has 0 saturated carbocycles. The van der Waals surface area contributed by atoms with E-state index in [1.165, 1.54) is 13.0 Å². The van der Waals surface area contributed by atoms with Crippen molar-refractivity contribution in [2.24, 2.45) is 0 Å². The van der Waals surface area contributed by atoms with E-state index >= 15 is 0 Å². The average molecular weight is 257 g/mol. The number of aliphatic carboxylic acids is 1. The van der Waals surface area contributed by atoms with Crippen molar-refractivity contribution < 1.29 is 23.5 Å². The van der Waals surface area contributed by atoms with Crippen LogP contribution in [0, 0.1) is 11.6 Å². The van der Waals surface area contributed by atoms with E-state index in [9.17, 15) is 18.4 Å². The lowest BCUT2D eigenvalue weighted by molar-refractivity contribution is -0.141. The molecular formula is C12H13F2NO3. The number of rotatable bonds is 5. The monoisotopic (exact) mass is 257 g/mol. The zero-order valence-corrected chi connectivity index (χ0v) is 9.74. The van der Waals surface area contributed by atoms with Crippen molar-refractivity contribution >= 4 is 11.9 Å². The standard InChI is InChI=1S/C12H13F2NO3/c1-7(12(17)18)15-11(16)5-3-8-2-4-9(13)10(14)6-8/h2,4,6-7H,3,5H2,1H3,(H,15,16)(H,17,18). The van der Waals surface area contributed by atoms with Crippen LogP contribution in [0.25, 0.3) is 0 Å². The fourth-order valence-corrected chi connectivity index (χ4v) is 1.33. The van der Waals surface area contributed by atoms with Crippen molar-refractivity contribution in [3.05, 3.63) is 35.4 Å². The summed E-state index contributed by atoms with van der Waals surface area (Å²) in [5.41, 5.74) is 0.479. The number of benzene rings is 1. The number of amides is 1. The van der Waals surface area contributed by atoms with Crippen LogP contribution < -0.4 is 5.32 Å². The van der Waals surface area contributed by atoms with Crippen molar-refractivity contribution in [2.75, 3.05) is 0 Å². The molecule has 0 aliphatic heterocycles. The Labute approximate surface area is 103 Å². The number of nitrogens with one attached hydrogen (secondary N) is 1. The van der Waals surface area contributed by atoms with Gasteiger partial charge in [-0.1, -0.05) is 6.07 Å². The quantitative estimate of drug-likeness (QED) is 0.839. The first kappa shape index (κ1) is 14.1. The van der Waals surface area contributed by atoms with E-state index in [2.05, 4.69) is 5.32 Å². The predicted molar refractivity (Wildman–Crippen MR) is 59.9 cm³/mol. The van der Waals surface area contributed by atoms with Crippen LogP contribution in [0.15, 0.2) is 18.2 Å². The first-order valence-electron chi connectivity index (χ1n) is 5.36. The van der Waals surface area contributed by atoms with E-state index in [0.717, 1.165) is 12.1 Å². The van der Waals surface area contributed by atoms with Gasteiger partial charge in [0.15, 0.2) is 11.6 Å². The third kappa shape index (κ3) is 4.12. The Morgan fingerprint density at radius 3 is 2.56 bits per heavy atom. The van der Waals surface area contributed by atoms with E-state index in [1.807, 2.05) is 0 Å². The Bertz CT molecular complexity index is 463. The van der Waals surface area contributed by atoms with Gasteiger partial charge in [-0.2, -0.15) is 0 Å². The molecule has 0 aromatic heterocycles. The second-order valence-electron chi connectivity index (χ2n) is 3.88. The van der Waals surface area contributed by atoms with Gasteiger partial charge in [-0.05, 0) is 31.0 Å². The fourth-order valence-electron chi connectivity index (χ4n) is 1.33. The number of aryl methyl sites for hydroxylation is 1. The van der Waals surface area contributed by atoms with Crippen molar-refractivity contribution in [1.82, 2.24) is 5.32 Å². The van der Waals surface area contributed by atoms with Gasteiger partial charge in [0.05, 0.1) is 0 Å². The Morgan fingerprint density at radius 2 is 2.00 bits per heavy atom. The largest absolute Gasteiger partial charge is 0.480 e. The summed E-state index contributed by atoms with van der Waals surface area (Å²) in [4.78, 5) is 21.8. The smallest absolute Gasteiger partial charge is 0.325 e. The molecule has 0 aliphatic rings. The lowest BCUT2D eigenvalue weighted by Crippen LogP contribution is -2.38.